The zero-order valence-electron chi connectivity index (χ0n) is 18.3. The smallest absolute Gasteiger partial charge is 0.151 e. The van der Waals surface area contributed by atoms with Crippen molar-refractivity contribution in [1.82, 2.24) is 0 Å². The number of rotatable bonds is 1. The highest BCUT2D eigenvalue weighted by atomic mass is 16.5. The van der Waals surface area contributed by atoms with Gasteiger partial charge < -0.3 is 9.64 Å². The van der Waals surface area contributed by atoms with E-state index in [4.69, 9.17) is 4.74 Å². The molecule has 0 amide bonds. The molecule has 0 saturated heterocycles. The summed E-state index contributed by atoms with van der Waals surface area (Å²) in [6.45, 7) is 0. The average Bonchev–Trinajstić information content (AvgIpc) is 2.89. The van der Waals surface area contributed by atoms with E-state index >= 15 is 0 Å². The highest BCUT2D eigenvalue weighted by Gasteiger charge is 2.26. The van der Waals surface area contributed by atoms with Gasteiger partial charge in [0.15, 0.2) is 11.5 Å². The predicted octanol–water partition coefficient (Wildman–Crippen LogP) is 9.31. The quantitative estimate of drug-likeness (QED) is 0.189. The highest BCUT2D eigenvalue weighted by Crippen LogP contribution is 2.51. The minimum absolute atomic E-state index is 0.871. The highest BCUT2D eigenvalue weighted by molar-refractivity contribution is 6.33. The first-order chi connectivity index (χ1) is 16.9. The summed E-state index contributed by atoms with van der Waals surface area (Å²) in [4.78, 5) is 2.33. The lowest BCUT2D eigenvalue weighted by molar-refractivity contribution is 0.477. The molecule has 7 aromatic carbocycles. The molecule has 7 aromatic rings. The van der Waals surface area contributed by atoms with Gasteiger partial charge in [0.25, 0.3) is 0 Å². The van der Waals surface area contributed by atoms with Crippen LogP contribution < -0.4 is 9.64 Å². The first-order valence-electron chi connectivity index (χ1n) is 11.6. The van der Waals surface area contributed by atoms with Crippen molar-refractivity contribution in [1.29, 1.82) is 0 Å². The van der Waals surface area contributed by atoms with Gasteiger partial charge >= 0.3 is 0 Å². The summed E-state index contributed by atoms with van der Waals surface area (Å²) in [5, 5.41) is 10.4. The Labute approximate surface area is 196 Å². The molecule has 8 rings (SSSR count). The average molecular weight is 434 g/mol. The monoisotopic (exact) mass is 433 g/mol. The summed E-state index contributed by atoms with van der Waals surface area (Å²) in [7, 11) is 0. The minimum atomic E-state index is 0.871. The van der Waals surface area contributed by atoms with Crippen molar-refractivity contribution in [3.8, 4) is 11.5 Å². The van der Waals surface area contributed by atoms with Crippen LogP contribution in [0.15, 0.2) is 115 Å². The molecule has 34 heavy (non-hydrogen) atoms. The third-order valence-electron chi connectivity index (χ3n) is 7.14. The Hall–Kier alpha value is -4.56. The van der Waals surface area contributed by atoms with Gasteiger partial charge in [-0.25, -0.2) is 0 Å². The maximum absolute atomic E-state index is 6.25. The van der Waals surface area contributed by atoms with Gasteiger partial charge in [0.2, 0.25) is 0 Å². The van der Waals surface area contributed by atoms with Crippen LogP contribution in [0, 0.1) is 0 Å². The van der Waals surface area contributed by atoms with E-state index in [0.29, 0.717) is 0 Å². The van der Waals surface area contributed by atoms with Crippen LogP contribution in [-0.4, -0.2) is 0 Å². The minimum Gasteiger partial charge on any atom is -0.453 e. The SMILES string of the molecule is c1ccc2c(c1)Oc1ccccc1N2c1cc2cccc3c4cccc5cccc(c(c1)c23)c54. The van der Waals surface area contributed by atoms with Crippen LogP contribution in [0.25, 0.3) is 43.1 Å². The number of para-hydroxylation sites is 4. The molecule has 0 bridgehead atoms. The van der Waals surface area contributed by atoms with Crippen LogP contribution in [0.3, 0.4) is 0 Å². The van der Waals surface area contributed by atoms with Crippen molar-refractivity contribution >= 4 is 60.2 Å². The van der Waals surface area contributed by atoms with E-state index in [9.17, 15) is 0 Å². The Morgan fingerprint density at radius 2 is 0.971 bits per heavy atom. The summed E-state index contributed by atoms with van der Waals surface area (Å²) in [6.07, 6.45) is 0. The number of fused-ring (bicyclic) bond motifs is 4. The molecule has 0 aliphatic carbocycles. The van der Waals surface area contributed by atoms with Gasteiger partial charge in [-0.3, -0.25) is 0 Å². The van der Waals surface area contributed by atoms with E-state index in [1.165, 1.54) is 43.1 Å². The molecule has 1 heterocycles. The topological polar surface area (TPSA) is 12.5 Å². The summed E-state index contributed by atoms with van der Waals surface area (Å²) >= 11 is 0. The Bertz CT molecular complexity index is 1850. The first kappa shape index (κ1) is 17.9. The normalized spacial score (nSPS) is 12.9. The van der Waals surface area contributed by atoms with Gasteiger partial charge in [-0.15, -0.1) is 0 Å². The molecule has 0 radical (unpaired) electrons. The molecule has 1 aliphatic heterocycles. The van der Waals surface area contributed by atoms with Crippen molar-refractivity contribution in [2.45, 2.75) is 0 Å². The zero-order valence-corrected chi connectivity index (χ0v) is 18.3. The number of nitrogens with zero attached hydrogens (tertiary/aromatic N) is 1. The Kier molecular flexibility index (Phi) is 3.42. The molecule has 2 heteroatoms. The Morgan fingerprint density at radius 3 is 1.62 bits per heavy atom. The lowest BCUT2D eigenvalue weighted by atomic mass is 9.89. The first-order valence-corrected chi connectivity index (χ1v) is 11.6. The van der Waals surface area contributed by atoms with E-state index in [1.807, 2.05) is 24.3 Å². The second-order valence-corrected chi connectivity index (χ2v) is 8.98. The zero-order chi connectivity index (χ0) is 22.2. The lowest BCUT2D eigenvalue weighted by Crippen LogP contribution is -2.15. The largest absolute Gasteiger partial charge is 0.453 e. The fourth-order valence-electron chi connectivity index (χ4n) is 5.75. The third-order valence-corrected chi connectivity index (χ3v) is 7.14. The molecule has 2 nitrogen and oxygen atoms in total. The van der Waals surface area contributed by atoms with Crippen LogP contribution in [0.1, 0.15) is 0 Å². The lowest BCUT2D eigenvalue weighted by Gasteiger charge is -2.33. The van der Waals surface area contributed by atoms with E-state index in [1.54, 1.807) is 0 Å². The molecular formula is C32H19NO. The van der Waals surface area contributed by atoms with Gasteiger partial charge in [0.05, 0.1) is 11.4 Å². The van der Waals surface area contributed by atoms with Crippen molar-refractivity contribution in [3.63, 3.8) is 0 Å². The number of ether oxygens (including phenoxy) is 1. The van der Waals surface area contributed by atoms with Crippen LogP contribution in [-0.2, 0) is 0 Å². The number of hydrogen-bond acceptors (Lipinski definition) is 2. The molecular weight excluding hydrogens is 414 g/mol. The molecule has 158 valence electrons. The molecule has 0 atom stereocenters. The van der Waals surface area contributed by atoms with E-state index in [0.717, 1.165) is 28.6 Å². The van der Waals surface area contributed by atoms with Crippen LogP contribution in [0.4, 0.5) is 17.1 Å². The van der Waals surface area contributed by atoms with Crippen molar-refractivity contribution < 1.29 is 4.74 Å². The van der Waals surface area contributed by atoms with E-state index < -0.39 is 0 Å². The maximum atomic E-state index is 6.25. The number of benzene rings is 7. The number of anilines is 3. The van der Waals surface area contributed by atoms with Gasteiger partial charge in [0, 0.05) is 5.69 Å². The van der Waals surface area contributed by atoms with Crippen molar-refractivity contribution in [2.75, 3.05) is 4.90 Å². The van der Waals surface area contributed by atoms with Crippen LogP contribution in [0.2, 0.25) is 0 Å². The summed E-state index contributed by atoms with van der Waals surface area (Å²) in [5.74, 6) is 1.74. The van der Waals surface area contributed by atoms with Crippen molar-refractivity contribution in [3.05, 3.63) is 115 Å². The molecule has 0 saturated carbocycles. The second-order valence-electron chi connectivity index (χ2n) is 8.98. The predicted molar refractivity (Wildman–Crippen MR) is 142 cm³/mol. The summed E-state index contributed by atoms with van der Waals surface area (Å²) in [5.41, 5.74) is 3.25. The van der Waals surface area contributed by atoms with Crippen molar-refractivity contribution in [2.24, 2.45) is 0 Å². The standard InChI is InChI=1S/C32H19NO/c1-3-16-29-27(14-1)33(28-15-2-4-17-30(28)34-29)22-18-21-10-7-12-24-23-11-5-8-20-9-6-13-25(31(20)23)26(19-22)32(21)24/h1-19H. The fraction of sp³-hybridized carbons (Fsp3) is 0. The van der Waals surface area contributed by atoms with Gasteiger partial charge in [0.1, 0.15) is 0 Å². The second kappa shape index (κ2) is 6.49. The van der Waals surface area contributed by atoms with Gasteiger partial charge in [-0.05, 0) is 79.5 Å². The molecule has 0 aromatic heterocycles. The molecule has 1 aliphatic rings. The molecule has 0 spiro atoms. The fourth-order valence-corrected chi connectivity index (χ4v) is 5.75. The third kappa shape index (κ3) is 2.29. The molecule has 0 unspecified atom stereocenters. The van der Waals surface area contributed by atoms with Gasteiger partial charge in [-0.1, -0.05) is 78.9 Å². The Balaban J connectivity index is 1.53. The maximum Gasteiger partial charge on any atom is 0.151 e. The molecule has 0 fully saturated rings. The van der Waals surface area contributed by atoms with Gasteiger partial charge in [-0.2, -0.15) is 0 Å². The van der Waals surface area contributed by atoms with Crippen LogP contribution in [0.5, 0.6) is 11.5 Å². The summed E-state index contributed by atoms with van der Waals surface area (Å²) < 4.78 is 6.25. The molecule has 0 N–H and O–H groups in total. The number of hydrogen-bond donors (Lipinski definition) is 0. The summed E-state index contributed by atoms with van der Waals surface area (Å²) in [6, 6.07) is 41.2. The van der Waals surface area contributed by atoms with E-state index in [2.05, 4.69) is 95.9 Å². The van der Waals surface area contributed by atoms with E-state index in [-0.39, 0.29) is 0 Å². The Morgan fingerprint density at radius 1 is 0.441 bits per heavy atom. The van der Waals surface area contributed by atoms with Crippen LogP contribution >= 0.6 is 0 Å².